The summed E-state index contributed by atoms with van der Waals surface area (Å²) >= 11 is 1.67. The topological polar surface area (TPSA) is 70.7 Å². The van der Waals surface area contributed by atoms with Gasteiger partial charge >= 0.3 is 0 Å². The minimum Gasteiger partial charge on any atom is -0.352 e. The second kappa shape index (κ2) is 5.53. The number of H-pyrrole nitrogens is 1. The van der Waals surface area contributed by atoms with Crippen molar-refractivity contribution in [3.05, 3.63) is 50.9 Å². The van der Waals surface area contributed by atoms with Gasteiger partial charge in [0.1, 0.15) is 4.83 Å². The zero-order valence-corrected chi connectivity index (χ0v) is 12.9. The maximum Gasteiger partial charge on any atom is 0.261 e. The zero-order chi connectivity index (χ0) is 14.9. The molecule has 3 heterocycles. The highest BCUT2D eigenvalue weighted by Gasteiger charge is 2.19. The Bertz CT molecular complexity index is 869. The van der Waals surface area contributed by atoms with Gasteiger partial charge in [0.05, 0.1) is 5.39 Å². The van der Waals surface area contributed by atoms with Crippen LogP contribution in [0.25, 0.3) is 10.2 Å². The first-order chi connectivity index (χ1) is 10.8. The first-order valence-electron chi connectivity index (χ1n) is 7.48. The number of aromatic amines is 1. The lowest BCUT2D eigenvalue weighted by molar-refractivity contribution is 0.700. The molecule has 3 aromatic heterocycles. The van der Waals surface area contributed by atoms with Gasteiger partial charge in [-0.15, -0.1) is 11.3 Å². The summed E-state index contributed by atoms with van der Waals surface area (Å²) in [5, 5.41) is 3.99. The predicted molar refractivity (Wildman–Crippen MR) is 88.4 cm³/mol. The molecule has 0 atom stereocenters. The molecule has 0 aliphatic heterocycles. The number of pyridine rings is 1. The third-order valence-electron chi connectivity index (χ3n) is 4.03. The van der Waals surface area contributed by atoms with Crippen LogP contribution in [0.4, 0.5) is 5.95 Å². The molecule has 3 aromatic rings. The van der Waals surface area contributed by atoms with E-state index in [4.69, 9.17) is 0 Å². The lowest BCUT2D eigenvalue weighted by atomic mass is 9.97. The van der Waals surface area contributed by atoms with Gasteiger partial charge in [-0.1, -0.05) is 0 Å². The number of fused-ring (bicyclic) bond motifs is 3. The normalized spacial score (nSPS) is 14.0. The standard InChI is InChI=1S/C16H16N4OS/c21-14-13-11-3-1-2-4-12(11)22-15(13)20-16(19-14)18-9-10-5-7-17-8-6-10/h5-8H,1-4,9H2,(H2,18,19,20,21). The Morgan fingerprint density at radius 3 is 2.91 bits per heavy atom. The molecular weight excluding hydrogens is 296 g/mol. The fraction of sp³-hybridized carbons (Fsp3) is 0.312. The summed E-state index contributed by atoms with van der Waals surface area (Å²) in [5.74, 6) is 0.535. The average molecular weight is 312 g/mol. The summed E-state index contributed by atoms with van der Waals surface area (Å²) in [5.41, 5.74) is 2.30. The van der Waals surface area contributed by atoms with Gasteiger partial charge in [-0.25, -0.2) is 4.98 Å². The molecule has 4 rings (SSSR count). The van der Waals surface area contributed by atoms with Crippen LogP contribution in [0.2, 0.25) is 0 Å². The summed E-state index contributed by atoms with van der Waals surface area (Å²) in [6.07, 6.45) is 7.97. The molecule has 0 radical (unpaired) electrons. The van der Waals surface area contributed by atoms with Gasteiger partial charge in [-0.05, 0) is 48.9 Å². The number of nitrogens with one attached hydrogen (secondary N) is 2. The third-order valence-corrected chi connectivity index (χ3v) is 5.22. The molecule has 2 N–H and O–H groups in total. The number of aryl methyl sites for hydroxylation is 2. The summed E-state index contributed by atoms with van der Waals surface area (Å²) in [6, 6.07) is 3.88. The number of rotatable bonds is 3. The Morgan fingerprint density at radius 2 is 2.05 bits per heavy atom. The van der Waals surface area contributed by atoms with Crippen LogP contribution in [-0.4, -0.2) is 15.0 Å². The Kier molecular flexibility index (Phi) is 3.38. The van der Waals surface area contributed by atoms with E-state index in [9.17, 15) is 4.79 Å². The van der Waals surface area contributed by atoms with E-state index in [1.165, 1.54) is 23.3 Å². The van der Waals surface area contributed by atoms with Crippen molar-refractivity contribution in [2.24, 2.45) is 0 Å². The SMILES string of the molecule is O=c1[nH]c(NCc2ccncc2)nc2sc3c(c12)CCCC3. The number of anilines is 1. The van der Waals surface area contributed by atoms with Crippen LogP contribution in [0.15, 0.2) is 29.3 Å². The highest BCUT2D eigenvalue weighted by Crippen LogP contribution is 2.33. The highest BCUT2D eigenvalue weighted by molar-refractivity contribution is 7.18. The van der Waals surface area contributed by atoms with E-state index < -0.39 is 0 Å². The molecular formula is C16H16N4OS. The quantitative estimate of drug-likeness (QED) is 0.780. The van der Waals surface area contributed by atoms with Gasteiger partial charge in [0, 0.05) is 23.8 Å². The second-order valence-electron chi connectivity index (χ2n) is 5.51. The van der Waals surface area contributed by atoms with Gasteiger partial charge in [-0.3, -0.25) is 14.8 Å². The molecule has 1 aliphatic rings. The maximum atomic E-state index is 12.4. The van der Waals surface area contributed by atoms with Crippen molar-refractivity contribution in [3.8, 4) is 0 Å². The van der Waals surface area contributed by atoms with E-state index in [1.807, 2.05) is 12.1 Å². The molecule has 5 nitrogen and oxygen atoms in total. The molecule has 112 valence electrons. The van der Waals surface area contributed by atoms with Crippen molar-refractivity contribution in [2.45, 2.75) is 32.2 Å². The van der Waals surface area contributed by atoms with Crippen molar-refractivity contribution in [3.63, 3.8) is 0 Å². The van der Waals surface area contributed by atoms with Crippen LogP contribution < -0.4 is 10.9 Å². The summed E-state index contributed by atoms with van der Waals surface area (Å²) in [7, 11) is 0. The van der Waals surface area contributed by atoms with Gasteiger partial charge in [0.2, 0.25) is 5.95 Å². The maximum absolute atomic E-state index is 12.4. The van der Waals surface area contributed by atoms with E-state index in [-0.39, 0.29) is 5.56 Å². The van der Waals surface area contributed by atoms with Crippen LogP contribution in [0, 0.1) is 0 Å². The van der Waals surface area contributed by atoms with Crippen LogP contribution in [0.1, 0.15) is 28.8 Å². The number of hydrogen-bond donors (Lipinski definition) is 2. The number of thiophene rings is 1. The first kappa shape index (κ1) is 13.5. The molecule has 0 spiro atoms. The largest absolute Gasteiger partial charge is 0.352 e. The van der Waals surface area contributed by atoms with E-state index in [2.05, 4.69) is 20.3 Å². The lowest BCUT2D eigenvalue weighted by Crippen LogP contribution is -2.14. The Balaban J connectivity index is 1.67. The average Bonchev–Trinajstić information content (AvgIpc) is 2.92. The Hall–Kier alpha value is -2.21. The molecule has 0 saturated carbocycles. The van der Waals surface area contributed by atoms with Crippen molar-refractivity contribution < 1.29 is 0 Å². The zero-order valence-electron chi connectivity index (χ0n) is 12.1. The minimum absolute atomic E-state index is 0.0263. The molecule has 0 fully saturated rings. The van der Waals surface area contributed by atoms with Crippen LogP contribution in [0.5, 0.6) is 0 Å². The molecule has 0 bridgehead atoms. The number of aromatic nitrogens is 3. The molecule has 1 aliphatic carbocycles. The molecule has 6 heteroatoms. The first-order valence-corrected chi connectivity index (χ1v) is 8.30. The van der Waals surface area contributed by atoms with E-state index in [0.717, 1.165) is 28.6 Å². The van der Waals surface area contributed by atoms with Crippen molar-refractivity contribution >= 4 is 27.5 Å². The van der Waals surface area contributed by atoms with Crippen LogP contribution in [0.3, 0.4) is 0 Å². The summed E-state index contributed by atoms with van der Waals surface area (Å²) in [4.78, 5) is 26.1. The summed E-state index contributed by atoms with van der Waals surface area (Å²) in [6.45, 7) is 0.613. The molecule has 0 saturated heterocycles. The van der Waals surface area contributed by atoms with Gasteiger partial charge in [0.15, 0.2) is 0 Å². The third kappa shape index (κ3) is 2.39. The van der Waals surface area contributed by atoms with Gasteiger partial charge in [0.25, 0.3) is 5.56 Å². The van der Waals surface area contributed by atoms with Crippen LogP contribution in [-0.2, 0) is 19.4 Å². The van der Waals surface area contributed by atoms with Crippen molar-refractivity contribution in [1.82, 2.24) is 15.0 Å². The van der Waals surface area contributed by atoms with E-state index in [0.29, 0.717) is 12.5 Å². The summed E-state index contributed by atoms with van der Waals surface area (Å²) < 4.78 is 0. The Labute approximate surface area is 131 Å². The predicted octanol–water partition coefficient (Wildman–Crippen LogP) is 2.87. The number of hydrogen-bond acceptors (Lipinski definition) is 5. The van der Waals surface area contributed by atoms with Crippen LogP contribution >= 0.6 is 11.3 Å². The second-order valence-corrected chi connectivity index (χ2v) is 6.60. The molecule has 0 aromatic carbocycles. The smallest absolute Gasteiger partial charge is 0.261 e. The van der Waals surface area contributed by atoms with Gasteiger partial charge < -0.3 is 5.32 Å². The van der Waals surface area contributed by atoms with Crippen molar-refractivity contribution in [2.75, 3.05) is 5.32 Å². The molecule has 0 amide bonds. The fourth-order valence-electron chi connectivity index (χ4n) is 2.93. The van der Waals surface area contributed by atoms with Crippen molar-refractivity contribution in [1.29, 1.82) is 0 Å². The van der Waals surface area contributed by atoms with E-state index >= 15 is 0 Å². The number of nitrogens with zero attached hydrogens (tertiary/aromatic N) is 2. The highest BCUT2D eigenvalue weighted by atomic mass is 32.1. The molecule has 0 unspecified atom stereocenters. The molecule has 22 heavy (non-hydrogen) atoms. The Morgan fingerprint density at radius 1 is 1.23 bits per heavy atom. The fourth-order valence-corrected chi connectivity index (χ4v) is 4.20. The van der Waals surface area contributed by atoms with Gasteiger partial charge in [-0.2, -0.15) is 0 Å². The monoisotopic (exact) mass is 312 g/mol. The lowest BCUT2D eigenvalue weighted by Gasteiger charge is -2.09. The van der Waals surface area contributed by atoms with E-state index in [1.54, 1.807) is 23.7 Å². The minimum atomic E-state index is -0.0263.